The Labute approximate surface area is 162 Å². The van der Waals surface area contributed by atoms with Gasteiger partial charge < -0.3 is 9.64 Å². The second-order valence-corrected chi connectivity index (χ2v) is 8.88. The molecule has 1 amide bonds. The summed E-state index contributed by atoms with van der Waals surface area (Å²) in [6.45, 7) is 1.52. The maximum Gasteiger partial charge on any atom is 0.308 e. The van der Waals surface area contributed by atoms with E-state index in [-0.39, 0.29) is 36.7 Å². The quantitative estimate of drug-likeness (QED) is 0.579. The number of ether oxygens (including phenoxy) is 1. The number of hydrogen-bond donors (Lipinski definition) is 0. The van der Waals surface area contributed by atoms with Crippen LogP contribution in [-0.4, -0.2) is 44.0 Å². The molecule has 3 rings (SSSR count). The number of carbonyl (C=O) groups is 2. The highest BCUT2D eigenvalue weighted by atomic mass is 32.2. The first kappa shape index (κ1) is 20.0. The standard InChI is InChI=1S/C20H20FNO5S/c1-14(23)27-16-8-6-15(7-9-16)20(24)22-11-10-19(28(25,26)13-12-22)17-4-2-3-5-18(17)21/h2-9,19H,10-13H2,1H3. The summed E-state index contributed by atoms with van der Waals surface area (Å²) in [6.07, 6.45) is 0.126. The Kier molecular flexibility index (Phi) is 5.79. The fraction of sp³-hybridized carbons (Fsp3) is 0.300. The SMILES string of the molecule is CC(=O)Oc1ccc(C(=O)N2CCC(c3ccccc3F)S(=O)(=O)CC2)cc1. The van der Waals surface area contributed by atoms with E-state index in [4.69, 9.17) is 4.74 Å². The normalized spacial score (nSPS) is 18.9. The molecule has 1 aliphatic rings. The van der Waals surface area contributed by atoms with Crippen molar-refractivity contribution in [2.75, 3.05) is 18.8 Å². The van der Waals surface area contributed by atoms with E-state index in [1.54, 1.807) is 6.07 Å². The van der Waals surface area contributed by atoms with Crippen molar-refractivity contribution in [3.05, 3.63) is 65.5 Å². The minimum atomic E-state index is -3.60. The molecule has 1 heterocycles. The van der Waals surface area contributed by atoms with Crippen LogP contribution in [0.5, 0.6) is 5.75 Å². The molecule has 0 aromatic heterocycles. The Morgan fingerprint density at radius 1 is 1.07 bits per heavy atom. The fourth-order valence-electron chi connectivity index (χ4n) is 3.25. The Morgan fingerprint density at radius 2 is 1.75 bits per heavy atom. The predicted octanol–water partition coefficient (Wildman–Crippen LogP) is 2.75. The van der Waals surface area contributed by atoms with Gasteiger partial charge in [-0.3, -0.25) is 9.59 Å². The smallest absolute Gasteiger partial charge is 0.308 e. The maximum atomic E-state index is 14.1. The van der Waals surface area contributed by atoms with Crippen LogP contribution < -0.4 is 4.74 Å². The number of halogens is 1. The summed E-state index contributed by atoms with van der Waals surface area (Å²) in [7, 11) is -3.60. The van der Waals surface area contributed by atoms with Crippen LogP contribution in [0.15, 0.2) is 48.5 Å². The van der Waals surface area contributed by atoms with Crippen LogP contribution in [0, 0.1) is 5.82 Å². The highest BCUT2D eigenvalue weighted by Gasteiger charge is 2.34. The van der Waals surface area contributed by atoms with Gasteiger partial charge in [0, 0.05) is 31.1 Å². The van der Waals surface area contributed by atoms with Crippen molar-refractivity contribution >= 4 is 21.7 Å². The lowest BCUT2D eigenvalue weighted by Gasteiger charge is -2.20. The molecule has 2 aromatic carbocycles. The molecule has 148 valence electrons. The molecule has 1 atom stereocenters. The summed E-state index contributed by atoms with van der Waals surface area (Å²) in [5.41, 5.74) is 0.500. The third kappa shape index (κ3) is 4.39. The molecule has 0 radical (unpaired) electrons. The topological polar surface area (TPSA) is 80.8 Å². The Bertz CT molecular complexity index is 988. The van der Waals surface area contributed by atoms with Gasteiger partial charge >= 0.3 is 5.97 Å². The van der Waals surface area contributed by atoms with Gasteiger partial charge in [0.15, 0.2) is 9.84 Å². The van der Waals surface area contributed by atoms with Crippen molar-refractivity contribution in [2.45, 2.75) is 18.6 Å². The van der Waals surface area contributed by atoms with Crippen molar-refractivity contribution in [3.8, 4) is 5.75 Å². The van der Waals surface area contributed by atoms with Crippen LogP contribution in [-0.2, 0) is 14.6 Å². The molecular weight excluding hydrogens is 385 g/mol. The molecule has 0 spiro atoms. The van der Waals surface area contributed by atoms with Crippen molar-refractivity contribution in [1.29, 1.82) is 0 Å². The molecule has 1 saturated heterocycles. The Balaban J connectivity index is 1.78. The van der Waals surface area contributed by atoms with Crippen LogP contribution >= 0.6 is 0 Å². The highest BCUT2D eigenvalue weighted by Crippen LogP contribution is 2.31. The van der Waals surface area contributed by atoms with Crippen LogP contribution in [0.25, 0.3) is 0 Å². The number of sulfone groups is 1. The number of nitrogens with zero attached hydrogens (tertiary/aromatic N) is 1. The summed E-state index contributed by atoms with van der Waals surface area (Å²) in [6, 6.07) is 11.9. The third-order valence-electron chi connectivity index (χ3n) is 4.64. The molecular formula is C20H20FNO5S. The zero-order chi connectivity index (χ0) is 20.3. The minimum Gasteiger partial charge on any atom is -0.427 e. The van der Waals surface area contributed by atoms with Crippen LogP contribution in [0.2, 0.25) is 0 Å². The molecule has 1 aliphatic heterocycles. The molecule has 0 aliphatic carbocycles. The van der Waals surface area contributed by atoms with Gasteiger partial charge in [-0.1, -0.05) is 18.2 Å². The largest absolute Gasteiger partial charge is 0.427 e. The van der Waals surface area contributed by atoms with E-state index in [1.807, 2.05) is 0 Å². The highest BCUT2D eigenvalue weighted by molar-refractivity contribution is 7.91. The van der Waals surface area contributed by atoms with E-state index < -0.39 is 26.9 Å². The molecule has 0 N–H and O–H groups in total. The lowest BCUT2D eigenvalue weighted by atomic mass is 10.1. The first-order chi connectivity index (χ1) is 13.3. The second kappa shape index (κ2) is 8.10. The van der Waals surface area contributed by atoms with E-state index in [0.717, 1.165) is 0 Å². The van der Waals surface area contributed by atoms with E-state index in [0.29, 0.717) is 11.3 Å². The first-order valence-corrected chi connectivity index (χ1v) is 10.5. The summed E-state index contributed by atoms with van der Waals surface area (Å²) in [5.74, 6) is -1.25. The number of hydrogen-bond acceptors (Lipinski definition) is 5. The minimum absolute atomic E-state index is 0.0395. The lowest BCUT2D eigenvalue weighted by Crippen LogP contribution is -2.33. The maximum absolute atomic E-state index is 14.1. The predicted molar refractivity (Wildman–Crippen MR) is 101 cm³/mol. The Morgan fingerprint density at radius 3 is 2.39 bits per heavy atom. The number of esters is 1. The number of rotatable bonds is 3. The summed E-state index contributed by atoms with van der Waals surface area (Å²) in [4.78, 5) is 25.2. The van der Waals surface area contributed by atoms with Gasteiger partial charge in [-0.05, 0) is 36.8 Å². The van der Waals surface area contributed by atoms with E-state index >= 15 is 0 Å². The monoisotopic (exact) mass is 405 g/mol. The van der Waals surface area contributed by atoms with E-state index in [1.165, 1.54) is 54.3 Å². The van der Waals surface area contributed by atoms with E-state index in [2.05, 4.69) is 0 Å². The van der Waals surface area contributed by atoms with Gasteiger partial charge in [0.05, 0.1) is 11.0 Å². The third-order valence-corrected chi connectivity index (χ3v) is 6.75. The number of amides is 1. The molecule has 8 heteroatoms. The molecule has 0 bridgehead atoms. The van der Waals surface area contributed by atoms with Gasteiger partial charge in [0.25, 0.3) is 5.91 Å². The zero-order valence-corrected chi connectivity index (χ0v) is 16.1. The van der Waals surface area contributed by atoms with Crippen molar-refractivity contribution < 1.29 is 27.1 Å². The lowest BCUT2D eigenvalue weighted by molar-refractivity contribution is -0.131. The van der Waals surface area contributed by atoms with Crippen LogP contribution in [0.1, 0.15) is 34.5 Å². The average molecular weight is 405 g/mol. The molecule has 6 nitrogen and oxygen atoms in total. The van der Waals surface area contributed by atoms with Crippen molar-refractivity contribution in [1.82, 2.24) is 4.90 Å². The Hall–Kier alpha value is -2.74. The van der Waals surface area contributed by atoms with Crippen LogP contribution in [0.4, 0.5) is 4.39 Å². The zero-order valence-electron chi connectivity index (χ0n) is 15.3. The fourth-order valence-corrected chi connectivity index (χ4v) is 5.05. The molecule has 1 unspecified atom stereocenters. The van der Waals surface area contributed by atoms with Crippen LogP contribution in [0.3, 0.4) is 0 Å². The average Bonchev–Trinajstić information content (AvgIpc) is 2.80. The molecule has 2 aromatic rings. The van der Waals surface area contributed by atoms with Gasteiger partial charge in [0.2, 0.25) is 0 Å². The van der Waals surface area contributed by atoms with Crippen molar-refractivity contribution in [3.63, 3.8) is 0 Å². The molecule has 0 saturated carbocycles. The van der Waals surface area contributed by atoms with Gasteiger partial charge in [-0.2, -0.15) is 0 Å². The molecule has 28 heavy (non-hydrogen) atoms. The number of benzene rings is 2. The first-order valence-electron chi connectivity index (χ1n) is 8.81. The van der Waals surface area contributed by atoms with Gasteiger partial charge in [-0.25, -0.2) is 12.8 Å². The van der Waals surface area contributed by atoms with Gasteiger partial charge in [0.1, 0.15) is 11.6 Å². The van der Waals surface area contributed by atoms with E-state index in [9.17, 15) is 22.4 Å². The van der Waals surface area contributed by atoms with Crippen molar-refractivity contribution in [2.24, 2.45) is 0 Å². The second-order valence-electron chi connectivity index (χ2n) is 6.58. The summed E-state index contributed by atoms with van der Waals surface area (Å²) < 4.78 is 44.4. The summed E-state index contributed by atoms with van der Waals surface area (Å²) >= 11 is 0. The number of carbonyl (C=O) groups excluding carboxylic acids is 2. The summed E-state index contributed by atoms with van der Waals surface area (Å²) in [5, 5.41) is -0.974. The van der Waals surface area contributed by atoms with Gasteiger partial charge in [-0.15, -0.1) is 0 Å². The molecule has 1 fully saturated rings.